The van der Waals surface area contributed by atoms with Crippen LogP contribution in [0, 0.1) is 13.8 Å². The summed E-state index contributed by atoms with van der Waals surface area (Å²) in [6.07, 6.45) is 0.717. The molecule has 0 N–H and O–H groups in total. The van der Waals surface area contributed by atoms with Gasteiger partial charge >= 0.3 is 0 Å². The second-order valence-electron chi connectivity index (χ2n) is 5.96. The van der Waals surface area contributed by atoms with Crippen molar-refractivity contribution < 1.29 is 14.4 Å². The Morgan fingerprint density at radius 3 is 2.80 bits per heavy atom. The summed E-state index contributed by atoms with van der Waals surface area (Å²) in [5.74, 6) is 0.890. The van der Waals surface area contributed by atoms with Gasteiger partial charge in [-0.1, -0.05) is 46.7 Å². The highest BCUT2D eigenvalue weighted by molar-refractivity contribution is 6.48. The van der Waals surface area contributed by atoms with Crippen LogP contribution >= 0.6 is 0 Å². The van der Waals surface area contributed by atoms with E-state index in [1.54, 1.807) is 0 Å². The fraction of sp³-hybridized carbons (Fsp3) is 0.300. The first kappa shape index (κ1) is 17.0. The molecule has 0 radical (unpaired) electrons. The molecule has 5 nitrogen and oxygen atoms in total. The van der Waals surface area contributed by atoms with Gasteiger partial charge in [0.25, 0.3) is 0 Å². The molecule has 0 atom stereocenters. The van der Waals surface area contributed by atoms with Gasteiger partial charge < -0.3 is 14.4 Å². The van der Waals surface area contributed by atoms with Crippen molar-refractivity contribution in [1.29, 1.82) is 0 Å². The average Bonchev–Trinajstić information content (AvgIpc) is 3.15. The highest BCUT2D eigenvalue weighted by Gasteiger charge is 2.20. The van der Waals surface area contributed by atoms with Crippen LogP contribution in [0.1, 0.15) is 28.7 Å². The predicted molar refractivity (Wildman–Crippen MR) is 98.2 cm³/mol. The highest BCUT2D eigenvalue weighted by atomic mass is 16.6. The number of rotatable bonds is 6. The Kier molecular flexibility index (Phi) is 5.33. The van der Waals surface area contributed by atoms with Gasteiger partial charge in [-0.15, -0.1) is 0 Å². The first-order chi connectivity index (χ1) is 12.2. The summed E-state index contributed by atoms with van der Waals surface area (Å²) in [7, 11) is 1.53. The summed E-state index contributed by atoms with van der Waals surface area (Å²) >= 11 is 0. The molecule has 0 fully saturated rings. The minimum Gasteiger partial charge on any atom is -0.489 e. The summed E-state index contributed by atoms with van der Waals surface area (Å²) in [6.45, 7) is 5.11. The zero-order valence-electron chi connectivity index (χ0n) is 14.8. The largest absolute Gasteiger partial charge is 0.489 e. The topological polar surface area (TPSA) is 52.4 Å². The van der Waals surface area contributed by atoms with Crippen LogP contribution in [0.25, 0.3) is 0 Å². The maximum atomic E-state index is 6.07. The molecule has 3 rings (SSSR count). The van der Waals surface area contributed by atoms with Crippen molar-refractivity contribution in [2.24, 2.45) is 10.3 Å². The monoisotopic (exact) mass is 338 g/mol. The number of oxime groups is 2. The van der Waals surface area contributed by atoms with Crippen LogP contribution in [0.2, 0.25) is 0 Å². The quantitative estimate of drug-likeness (QED) is 0.591. The van der Waals surface area contributed by atoms with Gasteiger partial charge in [-0.25, -0.2) is 0 Å². The van der Waals surface area contributed by atoms with E-state index in [4.69, 9.17) is 14.4 Å². The number of ether oxygens (including phenoxy) is 1. The van der Waals surface area contributed by atoms with E-state index >= 15 is 0 Å². The molecule has 0 unspecified atom stereocenters. The van der Waals surface area contributed by atoms with Crippen molar-refractivity contribution >= 4 is 11.4 Å². The molecule has 0 spiro atoms. The van der Waals surface area contributed by atoms with E-state index < -0.39 is 0 Å². The second kappa shape index (κ2) is 7.83. The van der Waals surface area contributed by atoms with Crippen LogP contribution in [-0.4, -0.2) is 25.1 Å². The third-order valence-corrected chi connectivity index (χ3v) is 4.06. The van der Waals surface area contributed by atoms with Crippen molar-refractivity contribution in [3.8, 4) is 5.75 Å². The molecule has 1 heterocycles. The number of hydrogen-bond acceptors (Lipinski definition) is 5. The summed E-state index contributed by atoms with van der Waals surface area (Å²) < 4.78 is 6.07. The molecule has 0 bridgehead atoms. The molecule has 130 valence electrons. The zero-order valence-corrected chi connectivity index (χ0v) is 14.8. The van der Waals surface area contributed by atoms with Crippen LogP contribution < -0.4 is 4.74 Å². The van der Waals surface area contributed by atoms with Crippen molar-refractivity contribution in [1.82, 2.24) is 0 Å². The minimum atomic E-state index is 0.442. The fourth-order valence-electron chi connectivity index (χ4n) is 2.72. The number of aryl methyl sites for hydroxylation is 2. The summed E-state index contributed by atoms with van der Waals surface area (Å²) in [4.78, 5) is 10.2. The van der Waals surface area contributed by atoms with Crippen LogP contribution in [-0.2, 0) is 16.3 Å². The summed E-state index contributed by atoms with van der Waals surface area (Å²) in [6, 6.07) is 14.2. The third-order valence-electron chi connectivity index (χ3n) is 4.06. The Morgan fingerprint density at radius 2 is 2.04 bits per heavy atom. The Morgan fingerprint density at radius 1 is 1.20 bits per heavy atom. The molecule has 0 aliphatic carbocycles. The van der Waals surface area contributed by atoms with E-state index in [0.29, 0.717) is 25.3 Å². The summed E-state index contributed by atoms with van der Waals surface area (Å²) in [5.41, 5.74) is 5.74. The van der Waals surface area contributed by atoms with E-state index in [9.17, 15) is 0 Å². The maximum Gasteiger partial charge on any atom is 0.135 e. The standard InChI is InChI=1S/C20H22N2O3/c1-14-8-9-15(2)19(12-14)24-13-16-6-4-5-7-17(16)20(22-23-3)18-10-11-25-21-18/h4-9,12H,10-11,13H2,1-3H3. The average molecular weight is 338 g/mol. The Hall–Kier alpha value is -2.82. The van der Waals surface area contributed by atoms with Crippen LogP contribution in [0.15, 0.2) is 52.8 Å². The first-order valence-electron chi connectivity index (χ1n) is 8.27. The highest BCUT2D eigenvalue weighted by Crippen LogP contribution is 2.22. The lowest BCUT2D eigenvalue weighted by molar-refractivity contribution is 0.174. The minimum absolute atomic E-state index is 0.442. The van der Waals surface area contributed by atoms with Crippen molar-refractivity contribution in [3.05, 3.63) is 64.7 Å². The van der Waals surface area contributed by atoms with Crippen LogP contribution in [0.5, 0.6) is 5.75 Å². The molecule has 0 saturated carbocycles. The molecule has 2 aromatic carbocycles. The lowest BCUT2D eigenvalue weighted by atomic mass is 9.99. The number of hydrogen-bond donors (Lipinski definition) is 0. The van der Waals surface area contributed by atoms with Gasteiger partial charge in [0.1, 0.15) is 37.5 Å². The maximum absolute atomic E-state index is 6.07. The Labute approximate surface area is 147 Å². The van der Waals surface area contributed by atoms with Gasteiger partial charge in [-0.05, 0) is 36.6 Å². The van der Waals surface area contributed by atoms with Crippen LogP contribution in [0.3, 0.4) is 0 Å². The Balaban J connectivity index is 1.87. The molecule has 0 saturated heterocycles. The van der Waals surface area contributed by atoms with Gasteiger partial charge in [-0.2, -0.15) is 0 Å². The second-order valence-corrected chi connectivity index (χ2v) is 5.96. The van der Waals surface area contributed by atoms with Crippen LogP contribution in [0.4, 0.5) is 0 Å². The lowest BCUT2D eigenvalue weighted by Crippen LogP contribution is -2.17. The van der Waals surface area contributed by atoms with Gasteiger partial charge in [0.05, 0.1) is 0 Å². The Bertz CT molecular complexity index is 812. The van der Waals surface area contributed by atoms with E-state index in [2.05, 4.69) is 35.4 Å². The van der Waals surface area contributed by atoms with Gasteiger partial charge in [0.15, 0.2) is 0 Å². The number of benzene rings is 2. The molecular formula is C20H22N2O3. The molecule has 1 aliphatic heterocycles. The SMILES string of the molecule is CON=C(C1=NOCC1)c1ccccc1COc1cc(C)ccc1C. The molecule has 25 heavy (non-hydrogen) atoms. The molecule has 2 aromatic rings. The smallest absolute Gasteiger partial charge is 0.135 e. The van der Waals surface area contributed by atoms with E-state index in [1.807, 2.05) is 31.2 Å². The van der Waals surface area contributed by atoms with Crippen molar-refractivity contribution in [3.63, 3.8) is 0 Å². The van der Waals surface area contributed by atoms with Gasteiger partial charge in [0.2, 0.25) is 0 Å². The molecule has 0 amide bonds. The molecule has 5 heteroatoms. The van der Waals surface area contributed by atoms with Gasteiger partial charge in [-0.3, -0.25) is 0 Å². The van der Waals surface area contributed by atoms with E-state index in [-0.39, 0.29) is 0 Å². The first-order valence-corrected chi connectivity index (χ1v) is 8.27. The number of nitrogens with zero attached hydrogens (tertiary/aromatic N) is 2. The van der Waals surface area contributed by atoms with Crippen molar-refractivity contribution in [2.75, 3.05) is 13.7 Å². The lowest BCUT2D eigenvalue weighted by Gasteiger charge is -2.14. The zero-order chi connectivity index (χ0) is 17.6. The van der Waals surface area contributed by atoms with E-state index in [0.717, 1.165) is 28.2 Å². The predicted octanol–water partition coefficient (Wildman–Crippen LogP) is 4.01. The fourth-order valence-corrected chi connectivity index (χ4v) is 2.72. The van der Waals surface area contributed by atoms with Gasteiger partial charge in [0, 0.05) is 12.0 Å². The normalized spacial score (nSPS) is 14.0. The molecular weight excluding hydrogens is 316 g/mol. The third kappa shape index (κ3) is 3.99. The summed E-state index contributed by atoms with van der Waals surface area (Å²) in [5, 5.41) is 8.26. The molecule has 0 aromatic heterocycles. The molecule has 1 aliphatic rings. The van der Waals surface area contributed by atoms with E-state index in [1.165, 1.54) is 12.7 Å². The van der Waals surface area contributed by atoms with Crippen molar-refractivity contribution in [2.45, 2.75) is 26.9 Å².